The molecular weight excluding hydrogens is 287 g/mol. The van der Waals surface area contributed by atoms with Crippen molar-refractivity contribution in [2.75, 3.05) is 6.61 Å². The topological polar surface area (TPSA) is 81.4 Å². The summed E-state index contributed by atoms with van der Waals surface area (Å²) in [5.74, 6) is -1.46. The van der Waals surface area contributed by atoms with Gasteiger partial charge in [-0.3, -0.25) is 9.59 Å². The van der Waals surface area contributed by atoms with Crippen LogP contribution in [-0.2, 0) is 14.3 Å². The Labute approximate surface area is 130 Å². The summed E-state index contributed by atoms with van der Waals surface area (Å²) in [7, 11) is 0. The van der Waals surface area contributed by atoms with Crippen molar-refractivity contribution in [2.45, 2.75) is 39.3 Å². The lowest BCUT2D eigenvalue weighted by molar-refractivity contribution is -0.143. The Bertz CT molecular complexity index is 503. The summed E-state index contributed by atoms with van der Waals surface area (Å²) < 4.78 is 18.0. The molecular formula is C16H23FN2O3. The number of rotatable bonds is 7. The summed E-state index contributed by atoms with van der Waals surface area (Å²) in [6.07, 6.45) is -0.0170. The molecule has 0 aliphatic carbocycles. The van der Waals surface area contributed by atoms with Gasteiger partial charge >= 0.3 is 5.97 Å². The van der Waals surface area contributed by atoms with Crippen LogP contribution in [0.15, 0.2) is 24.3 Å². The van der Waals surface area contributed by atoms with Crippen LogP contribution in [0, 0.1) is 11.7 Å². The zero-order valence-corrected chi connectivity index (χ0v) is 13.1. The fraction of sp³-hybridized carbons (Fsp3) is 0.500. The lowest BCUT2D eigenvalue weighted by Gasteiger charge is -2.22. The number of halogens is 1. The van der Waals surface area contributed by atoms with Crippen molar-refractivity contribution in [3.63, 3.8) is 0 Å². The van der Waals surface area contributed by atoms with E-state index in [-0.39, 0.29) is 30.8 Å². The van der Waals surface area contributed by atoms with Crippen molar-refractivity contribution >= 4 is 11.9 Å². The summed E-state index contributed by atoms with van der Waals surface area (Å²) in [6.45, 7) is 5.43. The SMILES string of the molecule is CCOC(=O)CC(NC(=O)C(C)C(C)N)c1ccc(F)cc1. The van der Waals surface area contributed by atoms with Gasteiger partial charge in [0, 0.05) is 12.0 Å². The first kappa shape index (κ1) is 18.1. The van der Waals surface area contributed by atoms with Gasteiger partial charge in [-0.2, -0.15) is 0 Å². The van der Waals surface area contributed by atoms with Gasteiger partial charge in [0.05, 0.1) is 19.1 Å². The highest BCUT2D eigenvalue weighted by Gasteiger charge is 2.23. The number of carbonyl (C=O) groups is 2. The van der Waals surface area contributed by atoms with E-state index in [1.807, 2.05) is 0 Å². The molecule has 0 bridgehead atoms. The first-order valence-electron chi connectivity index (χ1n) is 7.32. The van der Waals surface area contributed by atoms with Crippen LogP contribution in [0.4, 0.5) is 4.39 Å². The zero-order valence-electron chi connectivity index (χ0n) is 13.1. The van der Waals surface area contributed by atoms with E-state index in [4.69, 9.17) is 10.5 Å². The van der Waals surface area contributed by atoms with Crippen LogP contribution < -0.4 is 11.1 Å². The van der Waals surface area contributed by atoms with E-state index in [1.54, 1.807) is 20.8 Å². The minimum atomic E-state index is -0.576. The van der Waals surface area contributed by atoms with Crippen molar-refractivity contribution < 1.29 is 18.7 Å². The molecule has 1 aromatic carbocycles. The molecule has 3 N–H and O–H groups in total. The molecule has 0 heterocycles. The fourth-order valence-electron chi connectivity index (χ4n) is 1.88. The first-order chi connectivity index (χ1) is 10.3. The normalized spacial score (nSPS) is 14.8. The second kappa shape index (κ2) is 8.48. The van der Waals surface area contributed by atoms with Gasteiger partial charge < -0.3 is 15.8 Å². The maximum atomic E-state index is 13.0. The van der Waals surface area contributed by atoms with Crippen LogP contribution in [0.1, 0.15) is 38.8 Å². The number of hydrogen-bond acceptors (Lipinski definition) is 4. The monoisotopic (exact) mass is 310 g/mol. The van der Waals surface area contributed by atoms with Crippen molar-refractivity contribution in [1.82, 2.24) is 5.32 Å². The van der Waals surface area contributed by atoms with Crippen LogP contribution >= 0.6 is 0 Å². The van der Waals surface area contributed by atoms with Crippen LogP contribution in [-0.4, -0.2) is 24.5 Å². The van der Waals surface area contributed by atoms with Gasteiger partial charge in [-0.15, -0.1) is 0 Å². The molecule has 122 valence electrons. The molecule has 1 rings (SSSR count). The largest absolute Gasteiger partial charge is 0.466 e. The Morgan fingerprint density at radius 3 is 2.36 bits per heavy atom. The van der Waals surface area contributed by atoms with Gasteiger partial charge in [-0.25, -0.2) is 4.39 Å². The lowest BCUT2D eigenvalue weighted by Crippen LogP contribution is -2.40. The summed E-state index contributed by atoms with van der Waals surface area (Å²) in [5, 5.41) is 2.78. The quantitative estimate of drug-likeness (QED) is 0.754. The zero-order chi connectivity index (χ0) is 16.7. The molecule has 6 heteroatoms. The summed E-state index contributed by atoms with van der Waals surface area (Å²) in [4.78, 5) is 23.9. The van der Waals surface area contributed by atoms with Crippen molar-refractivity contribution in [2.24, 2.45) is 11.7 Å². The third-order valence-corrected chi connectivity index (χ3v) is 3.47. The molecule has 0 aliphatic heterocycles. The highest BCUT2D eigenvalue weighted by atomic mass is 19.1. The van der Waals surface area contributed by atoms with Crippen LogP contribution in [0.2, 0.25) is 0 Å². The summed E-state index contributed by atoms with van der Waals surface area (Å²) in [6, 6.07) is 4.76. The number of hydrogen-bond donors (Lipinski definition) is 2. The minimum Gasteiger partial charge on any atom is -0.466 e. The van der Waals surface area contributed by atoms with Gasteiger partial charge in [0.2, 0.25) is 5.91 Å². The molecule has 3 atom stereocenters. The molecule has 0 fully saturated rings. The Morgan fingerprint density at radius 1 is 1.27 bits per heavy atom. The summed E-state index contributed by atoms with van der Waals surface area (Å²) >= 11 is 0. The Kier molecular flexibility index (Phi) is 6.98. The number of esters is 1. The van der Waals surface area contributed by atoms with E-state index in [0.29, 0.717) is 5.56 Å². The molecule has 0 radical (unpaired) electrons. The third kappa shape index (κ3) is 5.44. The predicted octanol–water partition coefficient (Wildman–Crippen LogP) is 1.92. The number of carbonyl (C=O) groups excluding carboxylic acids is 2. The number of ether oxygens (including phenoxy) is 1. The Hall–Kier alpha value is -1.95. The molecule has 1 aromatic rings. The highest BCUT2D eigenvalue weighted by Crippen LogP contribution is 2.19. The average Bonchev–Trinajstić information content (AvgIpc) is 2.46. The fourth-order valence-corrected chi connectivity index (χ4v) is 1.88. The van der Waals surface area contributed by atoms with Gasteiger partial charge in [-0.1, -0.05) is 19.1 Å². The minimum absolute atomic E-state index is 0.0170. The van der Waals surface area contributed by atoms with Crippen LogP contribution in [0.3, 0.4) is 0 Å². The number of benzene rings is 1. The lowest BCUT2D eigenvalue weighted by atomic mass is 10.00. The van der Waals surface area contributed by atoms with E-state index in [2.05, 4.69) is 5.32 Å². The maximum absolute atomic E-state index is 13.0. The molecule has 5 nitrogen and oxygen atoms in total. The number of nitrogens with one attached hydrogen (secondary N) is 1. The van der Waals surface area contributed by atoms with Crippen molar-refractivity contribution in [1.29, 1.82) is 0 Å². The van der Waals surface area contributed by atoms with E-state index >= 15 is 0 Å². The predicted molar refractivity (Wildman–Crippen MR) is 81.3 cm³/mol. The van der Waals surface area contributed by atoms with Crippen molar-refractivity contribution in [3.8, 4) is 0 Å². The molecule has 3 unspecified atom stereocenters. The number of nitrogens with two attached hydrogens (primary N) is 1. The van der Waals surface area contributed by atoms with Crippen LogP contribution in [0.25, 0.3) is 0 Å². The molecule has 0 spiro atoms. The van der Waals surface area contributed by atoms with Gasteiger partial charge in [0.1, 0.15) is 5.82 Å². The highest BCUT2D eigenvalue weighted by molar-refractivity contribution is 5.80. The van der Waals surface area contributed by atoms with E-state index in [0.717, 1.165) is 0 Å². The average molecular weight is 310 g/mol. The van der Waals surface area contributed by atoms with Gasteiger partial charge in [0.25, 0.3) is 0 Å². The molecule has 0 aliphatic rings. The molecule has 0 aromatic heterocycles. The molecule has 22 heavy (non-hydrogen) atoms. The van der Waals surface area contributed by atoms with Gasteiger partial charge in [-0.05, 0) is 31.5 Å². The Balaban J connectivity index is 2.88. The standard InChI is InChI=1S/C16H23FN2O3/c1-4-22-15(20)9-14(12-5-7-13(17)8-6-12)19-16(21)10(2)11(3)18/h5-8,10-11,14H,4,9,18H2,1-3H3,(H,19,21). The van der Waals surface area contributed by atoms with Crippen LogP contribution in [0.5, 0.6) is 0 Å². The smallest absolute Gasteiger partial charge is 0.308 e. The maximum Gasteiger partial charge on any atom is 0.308 e. The molecule has 0 saturated heterocycles. The summed E-state index contributed by atoms with van der Waals surface area (Å²) in [5.41, 5.74) is 6.36. The van der Waals surface area contributed by atoms with Gasteiger partial charge in [0.15, 0.2) is 0 Å². The van der Waals surface area contributed by atoms with E-state index in [1.165, 1.54) is 24.3 Å². The second-order valence-corrected chi connectivity index (χ2v) is 5.27. The van der Waals surface area contributed by atoms with E-state index < -0.39 is 17.9 Å². The molecule has 0 saturated carbocycles. The Morgan fingerprint density at radius 2 is 1.86 bits per heavy atom. The number of amides is 1. The van der Waals surface area contributed by atoms with E-state index in [9.17, 15) is 14.0 Å². The first-order valence-corrected chi connectivity index (χ1v) is 7.32. The third-order valence-electron chi connectivity index (χ3n) is 3.47. The van der Waals surface area contributed by atoms with Crippen molar-refractivity contribution in [3.05, 3.63) is 35.6 Å². The molecule has 1 amide bonds. The second-order valence-electron chi connectivity index (χ2n) is 5.27.